The quantitative estimate of drug-likeness (QED) is 0.767. The van der Waals surface area contributed by atoms with E-state index in [1.165, 1.54) is 7.05 Å². The second kappa shape index (κ2) is 9.78. The van der Waals surface area contributed by atoms with E-state index in [2.05, 4.69) is 10.6 Å². The topological polar surface area (TPSA) is 76.7 Å². The van der Waals surface area contributed by atoms with E-state index in [1.54, 1.807) is 0 Å². The van der Waals surface area contributed by atoms with Crippen LogP contribution in [0.3, 0.4) is 0 Å². The highest BCUT2D eigenvalue weighted by molar-refractivity contribution is 5.85. The van der Waals surface area contributed by atoms with E-state index in [9.17, 15) is 9.59 Å². The molecule has 0 fully saturated rings. The van der Waals surface area contributed by atoms with Gasteiger partial charge in [-0.1, -0.05) is 42.5 Å². The maximum Gasteiger partial charge on any atom is 0.408 e. The first-order chi connectivity index (χ1) is 13.3. The Balaban J connectivity index is 1.95. The third-order valence-corrected chi connectivity index (χ3v) is 3.85. The van der Waals surface area contributed by atoms with E-state index in [-0.39, 0.29) is 18.1 Å². The van der Waals surface area contributed by atoms with Crippen molar-refractivity contribution < 1.29 is 19.1 Å². The second-order valence-electron chi connectivity index (χ2n) is 7.44. The van der Waals surface area contributed by atoms with Crippen LogP contribution in [0, 0.1) is 0 Å². The molecule has 2 N–H and O–H groups in total. The van der Waals surface area contributed by atoms with Gasteiger partial charge in [0.2, 0.25) is 5.91 Å². The lowest BCUT2D eigenvalue weighted by molar-refractivity contribution is -0.122. The van der Waals surface area contributed by atoms with E-state index < -0.39 is 12.1 Å². The van der Waals surface area contributed by atoms with E-state index in [0.29, 0.717) is 6.42 Å². The molecule has 2 rings (SSSR count). The number of carbonyl (C=O) groups is 2. The molecule has 0 spiro atoms. The predicted octanol–water partition coefficient (Wildman–Crippen LogP) is 3.45. The molecule has 6 nitrogen and oxygen atoms in total. The number of rotatable bonds is 7. The lowest BCUT2D eigenvalue weighted by Crippen LogP contribution is -2.47. The molecule has 0 bridgehead atoms. The van der Waals surface area contributed by atoms with Crippen LogP contribution in [-0.2, 0) is 22.6 Å². The molecule has 28 heavy (non-hydrogen) atoms. The Hall–Kier alpha value is -3.02. The molecule has 2 aromatic rings. The van der Waals surface area contributed by atoms with Crippen LogP contribution >= 0.6 is 0 Å². The number of hydrogen-bond acceptors (Lipinski definition) is 4. The number of carbonyl (C=O) groups excluding carboxylic acids is 2. The molecule has 0 aliphatic rings. The van der Waals surface area contributed by atoms with Crippen molar-refractivity contribution in [2.24, 2.45) is 0 Å². The zero-order chi connectivity index (χ0) is 20.6. The fourth-order valence-corrected chi connectivity index (χ4v) is 2.57. The number of alkyl carbamates (subject to hydrolysis) is 1. The third kappa shape index (κ3) is 7.31. The van der Waals surface area contributed by atoms with Gasteiger partial charge in [0.05, 0.1) is 0 Å². The summed E-state index contributed by atoms with van der Waals surface area (Å²) in [5.74, 6) is 0.467. The Morgan fingerprint density at radius 2 is 1.61 bits per heavy atom. The van der Waals surface area contributed by atoms with Crippen LogP contribution in [0.25, 0.3) is 0 Å². The van der Waals surface area contributed by atoms with Gasteiger partial charge in [0, 0.05) is 13.5 Å². The molecule has 0 heterocycles. The van der Waals surface area contributed by atoms with Crippen LogP contribution < -0.4 is 15.4 Å². The lowest BCUT2D eigenvalue weighted by Gasteiger charge is -2.21. The molecule has 6 heteroatoms. The van der Waals surface area contributed by atoms with Crippen molar-refractivity contribution in [1.29, 1.82) is 0 Å². The van der Waals surface area contributed by atoms with Crippen molar-refractivity contribution >= 4 is 12.0 Å². The minimum atomic E-state index is -0.734. The highest BCUT2D eigenvalue weighted by Gasteiger charge is 2.21. The molecule has 1 atom stereocenters. The molecule has 0 radical (unpaired) electrons. The third-order valence-electron chi connectivity index (χ3n) is 3.85. The number of benzene rings is 2. The molecule has 0 aliphatic carbocycles. The van der Waals surface area contributed by atoms with Gasteiger partial charge in [-0.05, 0) is 44.0 Å². The molecule has 0 aliphatic heterocycles. The number of hydrogen-bond donors (Lipinski definition) is 2. The minimum Gasteiger partial charge on any atom is -0.488 e. The molecule has 0 saturated carbocycles. The summed E-state index contributed by atoms with van der Waals surface area (Å²) in [6.07, 6.45) is -0.291. The summed E-state index contributed by atoms with van der Waals surface area (Å²) in [4.78, 5) is 24.3. The van der Waals surface area contributed by atoms with Gasteiger partial charge in [-0.25, -0.2) is 4.79 Å². The molecule has 0 aromatic heterocycles. The number of ether oxygens (including phenoxy) is 2. The molecule has 2 aromatic carbocycles. The highest BCUT2D eigenvalue weighted by Crippen LogP contribution is 2.19. The molecule has 0 saturated heterocycles. The van der Waals surface area contributed by atoms with Crippen molar-refractivity contribution in [3.8, 4) is 5.75 Å². The summed E-state index contributed by atoms with van der Waals surface area (Å²) < 4.78 is 11.0. The van der Waals surface area contributed by atoms with Gasteiger partial charge in [0.25, 0.3) is 0 Å². The fourth-order valence-electron chi connectivity index (χ4n) is 2.57. The zero-order valence-corrected chi connectivity index (χ0v) is 16.8. The predicted molar refractivity (Wildman–Crippen MR) is 108 cm³/mol. The number of likely N-dealkylation sites (N-methyl/N-ethyl adjacent to an activating group) is 1. The van der Waals surface area contributed by atoms with Crippen LogP contribution in [0.15, 0.2) is 54.6 Å². The average molecular weight is 384 g/mol. The highest BCUT2D eigenvalue weighted by atomic mass is 16.5. The summed E-state index contributed by atoms with van der Waals surface area (Å²) in [5, 5.41) is 5.21. The standard InChI is InChI=1S/C22H28N2O4/c1-22(2,3)28-18-12-10-16(11-13-18)14-19(20(25)23-4)24-21(26)27-15-17-8-6-5-7-9-17/h5-13,19H,14-15H2,1-4H3,(H,23,25)(H,24,26)/t19-/m0/s1. The average Bonchev–Trinajstić information content (AvgIpc) is 2.66. The summed E-state index contributed by atoms with van der Waals surface area (Å²) in [7, 11) is 1.53. The first-order valence-electron chi connectivity index (χ1n) is 9.23. The Kier molecular flexibility index (Phi) is 7.44. The van der Waals surface area contributed by atoms with Gasteiger partial charge in [-0.2, -0.15) is 0 Å². The molecular formula is C22H28N2O4. The van der Waals surface area contributed by atoms with Crippen molar-refractivity contribution in [2.45, 2.75) is 45.4 Å². The van der Waals surface area contributed by atoms with E-state index >= 15 is 0 Å². The van der Waals surface area contributed by atoms with Gasteiger partial charge in [0.1, 0.15) is 24.0 Å². The zero-order valence-electron chi connectivity index (χ0n) is 16.8. The monoisotopic (exact) mass is 384 g/mol. The molecular weight excluding hydrogens is 356 g/mol. The Morgan fingerprint density at radius 3 is 2.18 bits per heavy atom. The van der Waals surface area contributed by atoms with Crippen LogP contribution in [0.1, 0.15) is 31.9 Å². The Morgan fingerprint density at radius 1 is 0.964 bits per heavy atom. The smallest absolute Gasteiger partial charge is 0.408 e. The molecule has 150 valence electrons. The fraction of sp³-hybridized carbons (Fsp3) is 0.364. The van der Waals surface area contributed by atoms with Gasteiger partial charge < -0.3 is 20.1 Å². The normalized spacial score (nSPS) is 12.0. The first-order valence-corrected chi connectivity index (χ1v) is 9.23. The maximum atomic E-state index is 12.2. The second-order valence-corrected chi connectivity index (χ2v) is 7.44. The minimum absolute atomic E-state index is 0.145. The Labute approximate surface area is 166 Å². The van der Waals surface area contributed by atoms with Crippen LogP contribution in [0.2, 0.25) is 0 Å². The summed E-state index contributed by atoms with van der Waals surface area (Å²) in [6.45, 7) is 6.08. The van der Waals surface area contributed by atoms with Gasteiger partial charge in [-0.15, -0.1) is 0 Å². The van der Waals surface area contributed by atoms with Gasteiger partial charge >= 0.3 is 6.09 Å². The summed E-state index contributed by atoms with van der Waals surface area (Å²) in [5.41, 5.74) is 1.50. The van der Waals surface area contributed by atoms with Gasteiger partial charge in [0.15, 0.2) is 0 Å². The summed E-state index contributed by atoms with van der Waals surface area (Å²) >= 11 is 0. The van der Waals surface area contributed by atoms with E-state index in [4.69, 9.17) is 9.47 Å². The van der Waals surface area contributed by atoms with Crippen LogP contribution in [-0.4, -0.2) is 30.7 Å². The largest absolute Gasteiger partial charge is 0.488 e. The van der Waals surface area contributed by atoms with Crippen molar-refractivity contribution in [3.05, 3.63) is 65.7 Å². The molecule has 2 amide bonds. The van der Waals surface area contributed by atoms with Crippen molar-refractivity contribution in [3.63, 3.8) is 0 Å². The summed E-state index contributed by atoms with van der Waals surface area (Å²) in [6, 6.07) is 16.1. The van der Waals surface area contributed by atoms with Crippen LogP contribution in [0.5, 0.6) is 5.75 Å². The van der Waals surface area contributed by atoms with Crippen molar-refractivity contribution in [1.82, 2.24) is 10.6 Å². The maximum absolute atomic E-state index is 12.2. The van der Waals surface area contributed by atoms with Crippen molar-refractivity contribution in [2.75, 3.05) is 7.05 Å². The van der Waals surface area contributed by atoms with Crippen LogP contribution in [0.4, 0.5) is 4.79 Å². The Bertz CT molecular complexity index is 767. The lowest BCUT2D eigenvalue weighted by atomic mass is 10.1. The first kappa shape index (κ1) is 21.3. The SMILES string of the molecule is CNC(=O)[C@H](Cc1ccc(OC(C)(C)C)cc1)NC(=O)OCc1ccccc1. The molecule has 0 unspecified atom stereocenters. The van der Waals surface area contributed by atoms with Gasteiger partial charge in [-0.3, -0.25) is 4.79 Å². The van der Waals surface area contributed by atoms with E-state index in [1.807, 2.05) is 75.4 Å². The number of amides is 2. The van der Waals surface area contributed by atoms with E-state index in [0.717, 1.165) is 16.9 Å². The number of nitrogens with one attached hydrogen (secondary N) is 2.